The second-order valence-electron chi connectivity index (χ2n) is 6.55. The summed E-state index contributed by atoms with van der Waals surface area (Å²) in [5, 5.41) is 0. The highest BCUT2D eigenvalue weighted by Gasteiger charge is 2.37. The van der Waals surface area contributed by atoms with Gasteiger partial charge < -0.3 is 4.74 Å². The first-order valence-electron chi connectivity index (χ1n) is 8.36. The van der Waals surface area contributed by atoms with E-state index in [1.54, 1.807) is 0 Å². The topological polar surface area (TPSA) is 39.2 Å². The molecule has 0 radical (unpaired) electrons. The Labute approximate surface area is 127 Å². The molecule has 0 unspecified atom stereocenters. The molecule has 0 N–H and O–H groups in total. The van der Waals surface area contributed by atoms with Crippen LogP contribution in [0.3, 0.4) is 0 Å². The van der Waals surface area contributed by atoms with Gasteiger partial charge in [0.05, 0.1) is 17.9 Å². The molecule has 3 nitrogen and oxygen atoms in total. The first kappa shape index (κ1) is 14.6. The van der Waals surface area contributed by atoms with E-state index in [-0.39, 0.29) is 5.97 Å². The normalized spacial score (nSPS) is 19.5. The Bertz CT molecular complexity index is 544. The first-order valence-corrected chi connectivity index (χ1v) is 8.36. The fourth-order valence-corrected chi connectivity index (χ4v) is 4.09. The molecule has 3 heteroatoms. The van der Waals surface area contributed by atoms with Gasteiger partial charge in [0.15, 0.2) is 0 Å². The van der Waals surface area contributed by atoms with Gasteiger partial charge in [-0.25, -0.2) is 4.79 Å². The molecule has 0 aromatic carbocycles. The molecule has 1 heterocycles. The number of hydrogen-bond acceptors (Lipinski definition) is 3. The lowest BCUT2D eigenvalue weighted by atomic mass is 9.71. The standard InChI is InChI=1S/C18H25NO2/c1-3-15-14(17(20)21-4-2)11-13-12-18(8-5-6-9-18)10-7-16(13)19-15/h11H,3-10,12H2,1-2H3. The van der Waals surface area contributed by atoms with Crippen LogP contribution in [0.4, 0.5) is 0 Å². The molecular weight excluding hydrogens is 262 g/mol. The lowest BCUT2D eigenvalue weighted by Crippen LogP contribution is -2.27. The molecular formula is C18H25NO2. The summed E-state index contributed by atoms with van der Waals surface area (Å²) in [6.45, 7) is 4.32. The van der Waals surface area contributed by atoms with Crippen LogP contribution in [0, 0.1) is 5.41 Å². The molecule has 0 saturated heterocycles. The average Bonchev–Trinajstić information content (AvgIpc) is 2.94. The van der Waals surface area contributed by atoms with Crippen molar-refractivity contribution in [2.24, 2.45) is 5.41 Å². The molecule has 1 aromatic heterocycles. The van der Waals surface area contributed by atoms with Crippen molar-refractivity contribution >= 4 is 5.97 Å². The number of carbonyl (C=O) groups is 1. The number of fused-ring (bicyclic) bond motifs is 1. The molecule has 0 bridgehead atoms. The summed E-state index contributed by atoms with van der Waals surface area (Å²) in [4.78, 5) is 16.9. The van der Waals surface area contributed by atoms with Gasteiger partial charge in [-0.2, -0.15) is 0 Å². The summed E-state index contributed by atoms with van der Waals surface area (Å²) < 4.78 is 5.20. The quantitative estimate of drug-likeness (QED) is 0.792. The Balaban J connectivity index is 1.95. The van der Waals surface area contributed by atoms with E-state index in [1.807, 2.05) is 6.92 Å². The van der Waals surface area contributed by atoms with Crippen molar-refractivity contribution in [3.8, 4) is 0 Å². The third-order valence-corrected chi connectivity index (χ3v) is 5.22. The van der Waals surface area contributed by atoms with Crippen molar-refractivity contribution in [2.45, 2.75) is 65.2 Å². The van der Waals surface area contributed by atoms with Gasteiger partial charge in [-0.1, -0.05) is 19.8 Å². The minimum Gasteiger partial charge on any atom is -0.462 e. The summed E-state index contributed by atoms with van der Waals surface area (Å²) in [6, 6.07) is 2.08. The van der Waals surface area contributed by atoms with Crippen LogP contribution in [0.1, 0.15) is 73.3 Å². The van der Waals surface area contributed by atoms with Gasteiger partial charge in [0, 0.05) is 5.69 Å². The van der Waals surface area contributed by atoms with E-state index in [0.29, 0.717) is 17.6 Å². The Hall–Kier alpha value is -1.38. The Morgan fingerprint density at radius 2 is 2.05 bits per heavy atom. The van der Waals surface area contributed by atoms with Gasteiger partial charge in [-0.3, -0.25) is 4.98 Å². The fraction of sp³-hybridized carbons (Fsp3) is 0.667. The maximum Gasteiger partial charge on any atom is 0.339 e. The molecule has 21 heavy (non-hydrogen) atoms. The van der Waals surface area contributed by atoms with E-state index in [1.165, 1.54) is 43.4 Å². The van der Waals surface area contributed by atoms with Crippen LogP contribution >= 0.6 is 0 Å². The second-order valence-corrected chi connectivity index (χ2v) is 6.55. The van der Waals surface area contributed by atoms with E-state index in [4.69, 9.17) is 9.72 Å². The predicted molar refractivity (Wildman–Crippen MR) is 82.5 cm³/mol. The second kappa shape index (κ2) is 5.78. The van der Waals surface area contributed by atoms with Crippen LogP contribution < -0.4 is 0 Å². The Morgan fingerprint density at radius 1 is 1.29 bits per heavy atom. The van der Waals surface area contributed by atoms with Crippen LogP contribution in [0.25, 0.3) is 0 Å². The molecule has 1 aromatic rings. The monoisotopic (exact) mass is 287 g/mol. The number of carbonyl (C=O) groups excluding carboxylic acids is 1. The summed E-state index contributed by atoms with van der Waals surface area (Å²) >= 11 is 0. The zero-order valence-corrected chi connectivity index (χ0v) is 13.2. The van der Waals surface area contributed by atoms with Crippen LogP contribution in [0.2, 0.25) is 0 Å². The SMILES string of the molecule is CCOC(=O)c1cc2c(nc1CC)CCC1(CCCC1)C2. The molecule has 3 rings (SSSR count). The van der Waals surface area contributed by atoms with Crippen LogP contribution in [0.15, 0.2) is 6.07 Å². The largest absolute Gasteiger partial charge is 0.462 e. The summed E-state index contributed by atoms with van der Waals surface area (Å²) in [5.41, 5.74) is 4.59. The summed E-state index contributed by atoms with van der Waals surface area (Å²) in [5.74, 6) is -0.212. The third kappa shape index (κ3) is 2.70. The van der Waals surface area contributed by atoms with E-state index >= 15 is 0 Å². The van der Waals surface area contributed by atoms with Gasteiger partial charge in [-0.15, -0.1) is 0 Å². The number of aryl methyl sites for hydroxylation is 2. The van der Waals surface area contributed by atoms with Crippen LogP contribution in [-0.4, -0.2) is 17.6 Å². The van der Waals surface area contributed by atoms with Crippen LogP contribution in [0.5, 0.6) is 0 Å². The molecule has 114 valence electrons. The molecule has 2 aliphatic rings. The molecule has 1 spiro atoms. The smallest absolute Gasteiger partial charge is 0.339 e. The van der Waals surface area contributed by atoms with E-state index in [2.05, 4.69) is 13.0 Å². The number of ether oxygens (including phenoxy) is 1. The highest BCUT2D eigenvalue weighted by Crippen LogP contribution is 2.47. The Kier molecular flexibility index (Phi) is 4.01. The fourth-order valence-electron chi connectivity index (χ4n) is 4.09. The number of aromatic nitrogens is 1. The molecule has 0 aliphatic heterocycles. The average molecular weight is 287 g/mol. The lowest BCUT2D eigenvalue weighted by Gasteiger charge is -2.34. The van der Waals surface area contributed by atoms with Gasteiger partial charge in [0.25, 0.3) is 0 Å². The molecule has 0 amide bonds. The zero-order valence-electron chi connectivity index (χ0n) is 13.2. The van der Waals surface area contributed by atoms with Crippen molar-refractivity contribution < 1.29 is 9.53 Å². The lowest BCUT2D eigenvalue weighted by molar-refractivity contribution is 0.0524. The number of esters is 1. The van der Waals surface area contributed by atoms with Crippen molar-refractivity contribution in [2.75, 3.05) is 6.61 Å². The van der Waals surface area contributed by atoms with E-state index in [9.17, 15) is 4.79 Å². The van der Waals surface area contributed by atoms with Gasteiger partial charge in [-0.05, 0) is 62.5 Å². The summed E-state index contributed by atoms with van der Waals surface area (Å²) in [6.07, 6.45) is 9.65. The minimum atomic E-state index is -0.212. The Morgan fingerprint density at radius 3 is 2.71 bits per heavy atom. The van der Waals surface area contributed by atoms with Gasteiger partial charge in [0.2, 0.25) is 0 Å². The van der Waals surface area contributed by atoms with Crippen molar-refractivity contribution in [3.63, 3.8) is 0 Å². The number of pyridine rings is 1. The zero-order chi connectivity index (χ0) is 14.9. The maximum absolute atomic E-state index is 12.2. The first-order chi connectivity index (χ1) is 10.2. The third-order valence-electron chi connectivity index (χ3n) is 5.22. The van der Waals surface area contributed by atoms with E-state index in [0.717, 1.165) is 25.0 Å². The molecule has 0 atom stereocenters. The number of nitrogens with zero attached hydrogens (tertiary/aromatic N) is 1. The van der Waals surface area contributed by atoms with Gasteiger partial charge >= 0.3 is 5.97 Å². The molecule has 1 saturated carbocycles. The van der Waals surface area contributed by atoms with Crippen molar-refractivity contribution in [1.82, 2.24) is 4.98 Å². The van der Waals surface area contributed by atoms with E-state index < -0.39 is 0 Å². The summed E-state index contributed by atoms with van der Waals surface area (Å²) in [7, 11) is 0. The van der Waals surface area contributed by atoms with Gasteiger partial charge in [0.1, 0.15) is 0 Å². The molecule has 2 aliphatic carbocycles. The minimum absolute atomic E-state index is 0.212. The van der Waals surface area contributed by atoms with Crippen LogP contribution in [-0.2, 0) is 24.0 Å². The van der Waals surface area contributed by atoms with Crippen molar-refractivity contribution in [3.05, 3.63) is 28.6 Å². The number of hydrogen-bond donors (Lipinski definition) is 0. The highest BCUT2D eigenvalue weighted by atomic mass is 16.5. The van der Waals surface area contributed by atoms with Crippen molar-refractivity contribution in [1.29, 1.82) is 0 Å². The predicted octanol–water partition coefficient (Wildman–Crippen LogP) is 3.87. The highest BCUT2D eigenvalue weighted by molar-refractivity contribution is 5.91. The number of rotatable bonds is 3. The maximum atomic E-state index is 12.2. The molecule has 1 fully saturated rings.